The van der Waals surface area contributed by atoms with Gasteiger partial charge in [0, 0.05) is 11.1 Å². The van der Waals surface area contributed by atoms with Crippen molar-refractivity contribution in [3.05, 3.63) is 35.4 Å². The summed E-state index contributed by atoms with van der Waals surface area (Å²) < 4.78 is 0. The Morgan fingerprint density at radius 3 is 2.83 bits per heavy atom. The second kappa shape index (κ2) is 2.95. The van der Waals surface area contributed by atoms with Gasteiger partial charge in [-0.2, -0.15) is 10.1 Å². The van der Waals surface area contributed by atoms with E-state index in [9.17, 15) is 4.79 Å². The molecule has 0 bridgehead atoms. The minimum atomic E-state index is -0.512. The van der Waals surface area contributed by atoms with Gasteiger partial charge in [0.05, 0.1) is 0 Å². The van der Waals surface area contributed by atoms with Gasteiger partial charge in [0.15, 0.2) is 0 Å². The number of ketones is 1. The lowest BCUT2D eigenvalue weighted by molar-refractivity contribution is 0.106. The lowest BCUT2D eigenvalue weighted by Gasteiger charge is -2.21. The number of carbonyl (C=O) groups excluding carboxylic acids is 1. The zero-order valence-electron chi connectivity index (χ0n) is 9.16. The van der Waals surface area contributed by atoms with E-state index in [2.05, 4.69) is 20.6 Å². The Balaban J connectivity index is 1.93. The quantitative estimate of drug-likeness (QED) is 0.636. The molecule has 2 heterocycles. The second-order valence-corrected chi connectivity index (χ2v) is 4.12. The van der Waals surface area contributed by atoms with Crippen LogP contribution in [0.15, 0.2) is 39.5 Å². The number of benzene rings is 1. The molecule has 0 aromatic heterocycles. The van der Waals surface area contributed by atoms with Crippen molar-refractivity contribution in [3.63, 3.8) is 0 Å². The molecule has 0 saturated carbocycles. The van der Waals surface area contributed by atoms with Crippen molar-refractivity contribution in [2.24, 2.45) is 20.9 Å². The van der Waals surface area contributed by atoms with Crippen LogP contribution in [0, 0.1) is 0 Å². The highest BCUT2D eigenvalue weighted by molar-refractivity contribution is 6.78. The molecule has 0 spiro atoms. The van der Waals surface area contributed by atoms with Crippen molar-refractivity contribution in [2.75, 3.05) is 0 Å². The third-order valence-corrected chi connectivity index (χ3v) is 3.09. The van der Waals surface area contributed by atoms with Crippen LogP contribution in [0.3, 0.4) is 0 Å². The van der Waals surface area contributed by atoms with Crippen molar-refractivity contribution < 1.29 is 4.79 Å². The van der Waals surface area contributed by atoms with Crippen molar-refractivity contribution >= 4 is 23.2 Å². The smallest absolute Gasteiger partial charge is 0.237 e. The first-order valence-corrected chi connectivity index (χ1v) is 5.44. The van der Waals surface area contributed by atoms with E-state index in [1.54, 1.807) is 6.07 Å². The first-order chi connectivity index (χ1) is 8.75. The van der Waals surface area contributed by atoms with Gasteiger partial charge in [-0.1, -0.05) is 24.3 Å². The predicted octanol–water partition coefficient (Wildman–Crippen LogP) is -0.540. The molecule has 3 aliphatic rings. The Labute approximate surface area is 102 Å². The van der Waals surface area contributed by atoms with Crippen LogP contribution in [-0.2, 0) is 0 Å². The highest BCUT2D eigenvalue weighted by Crippen LogP contribution is 2.25. The van der Waals surface area contributed by atoms with E-state index >= 15 is 0 Å². The second-order valence-electron chi connectivity index (χ2n) is 4.12. The van der Waals surface area contributed by atoms with Gasteiger partial charge in [-0.3, -0.25) is 10.2 Å². The summed E-state index contributed by atoms with van der Waals surface area (Å²) in [5, 5.41) is 9.66. The fourth-order valence-corrected chi connectivity index (χ4v) is 2.25. The Kier molecular flexibility index (Phi) is 1.53. The number of fused-ring (bicyclic) bond motifs is 4. The molecule has 7 nitrogen and oxygen atoms in total. The lowest BCUT2D eigenvalue weighted by atomic mass is 10.1. The summed E-state index contributed by atoms with van der Waals surface area (Å²) >= 11 is 0. The fraction of sp³-hybridized carbons (Fsp3) is 0.0909. The third-order valence-electron chi connectivity index (χ3n) is 3.09. The highest BCUT2D eigenvalue weighted by Gasteiger charge is 2.40. The van der Waals surface area contributed by atoms with Gasteiger partial charge >= 0.3 is 0 Å². The van der Waals surface area contributed by atoms with Gasteiger partial charge in [-0.25, -0.2) is 4.99 Å². The van der Waals surface area contributed by atoms with Crippen LogP contribution in [0.25, 0.3) is 0 Å². The predicted molar refractivity (Wildman–Crippen MR) is 65.1 cm³/mol. The first-order valence-electron chi connectivity index (χ1n) is 5.44. The summed E-state index contributed by atoms with van der Waals surface area (Å²) in [6.07, 6.45) is -0.512. The molecule has 1 aromatic carbocycles. The average Bonchev–Trinajstić information content (AvgIpc) is 2.90. The van der Waals surface area contributed by atoms with Crippen LogP contribution in [0.4, 0.5) is 0 Å². The number of hydrazone groups is 2. The number of hydrogen-bond donors (Lipinski definition) is 2. The molecular formula is C11H8N6O. The zero-order valence-corrected chi connectivity index (χ0v) is 9.16. The van der Waals surface area contributed by atoms with E-state index in [1.807, 2.05) is 18.2 Å². The summed E-state index contributed by atoms with van der Waals surface area (Å²) in [5.41, 5.74) is 10.7. The number of nitrogens with two attached hydrogens (primary N) is 1. The highest BCUT2D eigenvalue weighted by atomic mass is 16.1. The van der Waals surface area contributed by atoms with E-state index in [0.29, 0.717) is 17.0 Å². The monoisotopic (exact) mass is 240 g/mol. The maximum atomic E-state index is 12.2. The van der Waals surface area contributed by atoms with Crippen molar-refractivity contribution in [2.45, 2.75) is 6.29 Å². The molecule has 1 aromatic rings. The Morgan fingerprint density at radius 2 is 2.00 bits per heavy atom. The number of hydrogen-bond acceptors (Lipinski definition) is 7. The van der Waals surface area contributed by atoms with E-state index in [1.165, 1.54) is 5.01 Å². The molecule has 0 saturated heterocycles. The molecule has 7 heteroatoms. The van der Waals surface area contributed by atoms with Crippen molar-refractivity contribution in [1.29, 1.82) is 0 Å². The minimum absolute atomic E-state index is 0.101. The van der Waals surface area contributed by atoms with E-state index in [0.717, 1.165) is 5.56 Å². The van der Waals surface area contributed by atoms with Crippen molar-refractivity contribution in [3.8, 4) is 0 Å². The molecule has 1 aliphatic carbocycles. The average molecular weight is 240 g/mol. The lowest BCUT2D eigenvalue weighted by Crippen LogP contribution is -2.43. The van der Waals surface area contributed by atoms with Gasteiger partial charge < -0.3 is 5.73 Å². The largest absolute Gasteiger partial charge is 0.367 e. The van der Waals surface area contributed by atoms with Gasteiger partial charge in [0.25, 0.3) is 0 Å². The molecule has 0 radical (unpaired) electrons. The summed E-state index contributed by atoms with van der Waals surface area (Å²) in [5.74, 6) is 0.142. The summed E-state index contributed by atoms with van der Waals surface area (Å²) in [6.45, 7) is 0. The number of carbonyl (C=O) groups is 1. The number of rotatable bonds is 0. The van der Waals surface area contributed by atoms with E-state index < -0.39 is 6.29 Å². The van der Waals surface area contributed by atoms with Crippen LogP contribution in [0.1, 0.15) is 15.9 Å². The number of nitrogens with zero attached hydrogens (tertiary/aromatic N) is 4. The number of aliphatic imine (C=N–C) groups is 1. The minimum Gasteiger partial charge on any atom is -0.367 e. The van der Waals surface area contributed by atoms with Crippen LogP contribution in [0.2, 0.25) is 0 Å². The maximum Gasteiger partial charge on any atom is 0.237 e. The number of Topliss-reactive ketones (excluding diaryl/α,β-unsaturated/α-hetero) is 1. The number of nitrogens with one attached hydrogen (secondary N) is 1. The topological polar surface area (TPSA) is 95.4 Å². The first kappa shape index (κ1) is 9.34. The molecule has 3 N–H and O–H groups in total. The normalized spacial score (nSPS) is 23.6. The van der Waals surface area contributed by atoms with Crippen LogP contribution in [0.5, 0.6) is 0 Å². The third kappa shape index (κ3) is 0.981. The van der Waals surface area contributed by atoms with Gasteiger partial charge in [-0.15, -0.1) is 5.10 Å². The van der Waals surface area contributed by atoms with E-state index in [4.69, 9.17) is 5.73 Å². The van der Waals surface area contributed by atoms with Gasteiger partial charge in [0.1, 0.15) is 11.4 Å². The standard InChI is InChI=1S/C11H8N6O/c12-10-14-15-11-13-8-7(16-17(10)11)5-3-1-2-4-6(5)9(8)18/h1-4,11,15H,(H2,12,14). The van der Waals surface area contributed by atoms with Crippen LogP contribution >= 0.6 is 0 Å². The van der Waals surface area contributed by atoms with Crippen LogP contribution in [-0.4, -0.2) is 34.5 Å². The molecule has 0 fully saturated rings. The number of guanidine groups is 1. The summed E-state index contributed by atoms with van der Waals surface area (Å²) in [6, 6.07) is 7.32. The Bertz CT molecular complexity index is 674. The molecule has 2 aliphatic heterocycles. The summed E-state index contributed by atoms with van der Waals surface area (Å²) in [4.78, 5) is 16.5. The fourth-order valence-electron chi connectivity index (χ4n) is 2.25. The molecule has 18 heavy (non-hydrogen) atoms. The van der Waals surface area contributed by atoms with Gasteiger partial charge in [-0.05, 0) is 0 Å². The molecule has 4 rings (SSSR count). The zero-order chi connectivity index (χ0) is 12.3. The SMILES string of the molecule is NC1=NNC2N=C3C(=O)c4ccccc4C3=NN12. The van der Waals surface area contributed by atoms with Crippen molar-refractivity contribution in [1.82, 2.24) is 10.4 Å². The Hall–Kier alpha value is -2.70. The van der Waals surface area contributed by atoms with E-state index in [-0.39, 0.29) is 11.7 Å². The molecular weight excluding hydrogens is 232 g/mol. The van der Waals surface area contributed by atoms with Gasteiger partial charge in [0.2, 0.25) is 18.0 Å². The maximum absolute atomic E-state index is 12.2. The van der Waals surface area contributed by atoms with Crippen LogP contribution < -0.4 is 11.2 Å². The molecule has 1 unspecified atom stereocenters. The molecule has 1 atom stereocenters. The molecule has 0 amide bonds. The molecule has 88 valence electrons. The Morgan fingerprint density at radius 1 is 1.22 bits per heavy atom. The summed E-state index contributed by atoms with van der Waals surface area (Å²) in [7, 11) is 0.